The molecule has 0 fully saturated rings. The minimum atomic E-state index is -0.764. The van der Waals surface area contributed by atoms with E-state index < -0.39 is 24.4 Å². The van der Waals surface area contributed by atoms with Crippen LogP contribution in [0.2, 0.25) is 0 Å². The number of amides is 2. The van der Waals surface area contributed by atoms with Crippen LogP contribution in [-0.2, 0) is 22.4 Å². The summed E-state index contributed by atoms with van der Waals surface area (Å²) in [4.78, 5) is 38.4. The molecular formula is C24H21N3O5S. The molecule has 2 amide bonds. The van der Waals surface area contributed by atoms with Gasteiger partial charge in [0.2, 0.25) is 0 Å². The predicted octanol–water partition coefficient (Wildman–Crippen LogP) is 4.39. The number of fused-ring (bicyclic) bond motifs is 1. The number of hydrogen-bond donors (Lipinski definition) is 2. The van der Waals surface area contributed by atoms with Gasteiger partial charge >= 0.3 is 5.97 Å². The smallest absolute Gasteiger partial charge is 0.340 e. The van der Waals surface area contributed by atoms with Crippen LogP contribution in [0.4, 0.5) is 10.7 Å². The molecule has 2 N–H and O–H groups in total. The van der Waals surface area contributed by atoms with Gasteiger partial charge in [-0.2, -0.15) is 5.26 Å². The van der Waals surface area contributed by atoms with Gasteiger partial charge in [-0.1, -0.05) is 19.1 Å². The van der Waals surface area contributed by atoms with Crippen LogP contribution in [0.5, 0.6) is 0 Å². The summed E-state index contributed by atoms with van der Waals surface area (Å²) in [5.74, 6) is -1.18. The molecule has 3 aromatic rings. The Morgan fingerprint density at radius 1 is 1.21 bits per heavy atom. The maximum Gasteiger partial charge on any atom is 0.340 e. The number of esters is 1. The van der Waals surface area contributed by atoms with Crippen LogP contribution in [0.25, 0.3) is 0 Å². The van der Waals surface area contributed by atoms with Gasteiger partial charge in [-0.15, -0.1) is 11.3 Å². The van der Waals surface area contributed by atoms with Crippen molar-refractivity contribution in [1.82, 2.24) is 0 Å². The van der Waals surface area contributed by atoms with Crippen molar-refractivity contribution >= 4 is 39.8 Å². The number of anilines is 2. The van der Waals surface area contributed by atoms with E-state index in [4.69, 9.17) is 9.15 Å². The van der Waals surface area contributed by atoms with Crippen molar-refractivity contribution in [2.45, 2.75) is 26.2 Å². The van der Waals surface area contributed by atoms with Crippen molar-refractivity contribution < 1.29 is 23.5 Å². The first-order chi connectivity index (χ1) is 16.0. The van der Waals surface area contributed by atoms with Crippen molar-refractivity contribution in [2.24, 2.45) is 5.92 Å². The number of para-hydroxylation sites is 1. The topological polar surface area (TPSA) is 121 Å². The lowest BCUT2D eigenvalue weighted by molar-refractivity contribution is -0.119. The molecule has 4 rings (SSSR count). The molecule has 1 atom stereocenters. The summed E-state index contributed by atoms with van der Waals surface area (Å²) in [6.45, 7) is 1.64. The monoisotopic (exact) mass is 463 g/mol. The Hall–Kier alpha value is -3.90. The van der Waals surface area contributed by atoms with Gasteiger partial charge in [-0.25, -0.2) is 4.79 Å². The average Bonchev–Trinajstić information content (AvgIpc) is 3.45. The van der Waals surface area contributed by atoms with E-state index in [1.165, 1.54) is 29.7 Å². The normalized spacial score (nSPS) is 14.6. The number of thiophene rings is 1. The molecule has 0 saturated carbocycles. The van der Waals surface area contributed by atoms with E-state index in [0.717, 1.165) is 29.7 Å². The Balaban J connectivity index is 1.39. The molecule has 8 nitrogen and oxygen atoms in total. The van der Waals surface area contributed by atoms with E-state index in [2.05, 4.69) is 23.6 Å². The Kier molecular flexibility index (Phi) is 6.56. The summed E-state index contributed by atoms with van der Waals surface area (Å²) in [6, 6.07) is 11.6. The number of benzene rings is 1. The van der Waals surface area contributed by atoms with Crippen LogP contribution in [0, 0.1) is 17.2 Å². The SMILES string of the molecule is C[C@H]1CCc2c(sc(NC(=O)COC(=O)c3ccccc3NC(=O)c3ccco3)c2C#N)C1. The van der Waals surface area contributed by atoms with Gasteiger partial charge in [-0.05, 0) is 55.0 Å². The third kappa shape index (κ3) is 4.96. The maximum absolute atomic E-state index is 12.6. The fourth-order valence-electron chi connectivity index (χ4n) is 3.69. The molecule has 33 heavy (non-hydrogen) atoms. The Labute approximate surface area is 194 Å². The highest BCUT2D eigenvalue weighted by Gasteiger charge is 2.25. The van der Waals surface area contributed by atoms with Crippen molar-refractivity contribution in [1.29, 1.82) is 5.26 Å². The molecule has 168 valence electrons. The van der Waals surface area contributed by atoms with Gasteiger partial charge in [0, 0.05) is 4.88 Å². The van der Waals surface area contributed by atoms with Gasteiger partial charge in [0.15, 0.2) is 12.4 Å². The Morgan fingerprint density at radius 2 is 2.03 bits per heavy atom. The number of nitrogens with one attached hydrogen (secondary N) is 2. The maximum atomic E-state index is 12.6. The predicted molar refractivity (Wildman–Crippen MR) is 122 cm³/mol. The van der Waals surface area contributed by atoms with Gasteiger partial charge in [-0.3, -0.25) is 9.59 Å². The molecule has 1 aliphatic carbocycles. The highest BCUT2D eigenvalue weighted by atomic mass is 32.1. The van der Waals surface area contributed by atoms with Crippen molar-refractivity contribution in [3.8, 4) is 6.07 Å². The molecule has 0 saturated heterocycles. The molecule has 0 unspecified atom stereocenters. The van der Waals surface area contributed by atoms with E-state index in [1.54, 1.807) is 24.3 Å². The van der Waals surface area contributed by atoms with E-state index in [1.807, 2.05) is 0 Å². The number of carbonyl (C=O) groups excluding carboxylic acids is 3. The van der Waals surface area contributed by atoms with Crippen LogP contribution in [-0.4, -0.2) is 24.4 Å². The van der Waals surface area contributed by atoms with E-state index in [0.29, 0.717) is 16.5 Å². The van der Waals surface area contributed by atoms with E-state index in [-0.39, 0.29) is 17.0 Å². The lowest BCUT2D eigenvalue weighted by Crippen LogP contribution is -2.22. The molecule has 0 bridgehead atoms. The Morgan fingerprint density at radius 3 is 2.79 bits per heavy atom. The van der Waals surface area contributed by atoms with Crippen LogP contribution >= 0.6 is 11.3 Å². The number of nitrogens with zero attached hydrogens (tertiary/aromatic N) is 1. The highest BCUT2D eigenvalue weighted by Crippen LogP contribution is 2.39. The zero-order valence-electron chi connectivity index (χ0n) is 17.8. The summed E-state index contributed by atoms with van der Waals surface area (Å²) < 4.78 is 10.2. The third-order valence-corrected chi connectivity index (χ3v) is 6.52. The quantitative estimate of drug-likeness (QED) is 0.523. The molecule has 1 aromatic carbocycles. The van der Waals surface area contributed by atoms with Gasteiger partial charge < -0.3 is 19.8 Å². The third-order valence-electron chi connectivity index (χ3n) is 5.35. The minimum Gasteiger partial charge on any atom is -0.459 e. The van der Waals surface area contributed by atoms with Crippen LogP contribution in [0.15, 0.2) is 47.1 Å². The zero-order valence-corrected chi connectivity index (χ0v) is 18.7. The summed E-state index contributed by atoms with van der Waals surface area (Å²) in [6.07, 6.45) is 4.09. The molecule has 0 spiro atoms. The van der Waals surface area contributed by atoms with E-state index in [9.17, 15) is 19.6 Å². The van der Waals surface area contributed by atoms with Gasteiger partial charge in [0.1, 0.15) is 11.1 Å². The zero-order chi connectivity index (χ0) is 23.4. The number of carbonyl (C=O) groups is 3. The second-order valence-corrected chi connectivity index (χ2v) is 8.87. The molecule has 9 heteroatoms. The fourth-order valence-corrected chi connectivity index (χ4v) is 5.07. The van der Waals surface area contributed by atoms with Crippen molar-refractivity contribution in [3.05, 3.63) is 70.0 Å². The number of ether oxygens (including phenoxy) is 1. The first-order valence-electron chi connectivity index (χ1n) is 10.4. The van der Waals surface area contributed by atoms with Crippen LogP contribution in [0.1, 0.15) is 50.3 Å². The first-order valence-corrected chi connectivity index (χ1v) is 11.2. The molecule has 0 aliphatic heterocycles. The highest BCUT2D eigenvalue weighted by molar-refractivity contribution is 7.16. The Bertz CT molecular complexity index is 1240. The van der Waals surface area contributed by atoms with Gasteiger partial charge in [0.25, 0.3) is 11.8 Å². The number of nitriles is 1. The standard InChI is InChI=1S/C24H21N3O5S/c1-14-8-9-15-17(12-25)23(33-20(15)11-14)27-21(28)13-32-24(30)16-5-2-3-6-18(16)26-22(29)19-7-4-10-31-19/h2-7,10,14H,8-9,11,13H2,1H3,(H,26,29)(H,27,28)/t14-/m0/s1. The molecular weight excluding hydrogens is 442 g/mol. The fraction of sp³-hybridized carbons (Fsp3) is 0.250. The van der Waals surface area contributed by atoms with Gasteiger partial charge in [0.05, 0.1) is 23.1 Å². The average molecular weight is 464 g/mol. The number of hydrogen-bond acceptors (Lipinski definition) is 7. The molecule has 2 heterocycles. The molecule has 0 radical (unpaired) electrons. The van der Waals surface area contributed by atoms with Crippen LogP contribution < -0.4 is 10.6 Å². The summed E-state index contributed by atoms with van der Waals surface area (Å²) >= 11 is 1.41. The summed E-state index contributed by atoms with van der Waals surface area (Å²) in [5.41, 5.74) is 1.83. The minimum absolute atomic E-state index is 0.0962. The number of furan rings is 1. The van der Waals surface area contributed by atoms with Crippen molar-refractivity contribution in [2.75, 3.05) is 17.2 Å². The van der Waals surface area contributed by atoms with Crippen LogP contribution in [0.3, 0.4) is 0 Å². The largest absolute Gasteiger partial charge is 0.459 e. The van der Waals surface area contributed by atoms with Crippen molar-refractivity contribution in [3.63, 3.8) is 0 Å². The molecule has 1 aliphatic rings. The first kappa shape index (κ1) is 22.3. The number of rotatable bonds is 6. The summed E-state index contributed by atoms with van der Waals surface area (Å²) in [5, 5.41) is 15.4. The lowest BCUT2D eigenvalue weighted by Gasteiger charge is -2.17. The molecule has 2 aromatic heterocycles. The lowest BCUT2D eigenvalue weighted by atomic mass is 9.89. The summed E-state index contributed by atoms with van der Waals surface area (Å²) in [7, 11) is 0. The second-order valence-electron chi connectivity index (χ2n) is 7.77. The second kappa shape index (κ2) is 9.71. The van der Waals surface area contributed by atoms with E-state index >= 15 is 0 Å².